The third kappa shape index (κ3) is 3.46. The number of nitrogens with zero attached hydrogens (tertiary/aromatic N) is 1. The highest BCUT2D eigenvalue weighted by Crippen LogP contribution is 2.19. The summed E-state index contributed by atoms with van der Waals surface area (Å²) in [6, 6.07) is 3.10. The van der Waals surface area contributed by atoms with Crippen molar-refractivity contribution < 1.29 is 19.1 Å². The third-order valence-corrected chi connectivity index (χ3v) is 3.53. The van der Waals surface area contributed by atoms with E-state index < -0.39 is 17.3 Å². The number of halogens is 1. The fourth-order valence-corrected chi connectivity index (χ4v) is 1.49. The van der Waals surface area contributed by atoms with E-state index in [1.807, 2.05) is 20.8 Å². The number of nitrogens with one attached hydrogen (secondary N) is 1. The quantitative estimate of drug-likeness (QED) is 0.891. The number of carbonyl (C=O) groups is 2. The number of carbonyl (C=O) groups excluding carboxylic acids is 1. The molecule has 0 saturated carbocycles. The summed E-state index contributed by atoms with van der Waals surface area (Å²) in [7, 11) is 1.65. The van der Waals surface area contributed by atoms with Crippen LogP contribution in [0, 0.1) is 5.82 Å². The molecule has 20 heavy (non-hydrogen) atoms. The molecule has 0 fully saturated rings. The van der Waals surface area contributed by atoms with Crippen LogP contribution in [0.2, 0.25) is 0 Å². The number of hydrogen-bond donors (Lipinski definition) is 2. The van der Waals surface area contributed by atoms with Crippen molar-refractivity contribution in [1.82, 2.24) is 4.90 Å². The first-order chi connectivity index (χ1) is 9.19. The summed E-state index contributed by atoms with van der Waals surface area (Å²) < 4.78 is 13.5. The Kier molecular flexibility index (Phi) is 4.70. The van der Waals surface area contributed by atoms with Gasteiger partial charge in [0, 0.05) is 18.3 Å². The summed E-state index contributed by atoms with van der Waals surface area (Å²) in [4.78, 5) is 24.2. The highest BCUT2D eigenvalue weighted by molar-refractivity contribution is 5.92. The van der Waals surface area contributed by atoms with Gasteiger partial charge in [0.1, 0.15) is 5.82 Å². The van der Waals surface area contributed by atoms with Gasteiger partial charge in [0.2, 0.25) is 0 Å². The fourth-order valence-electron chi connectivity index (χ4n) is 1.49. The van der Waals surface area contributed by atoms with E-state index in [1.54, 1.807) is 7.05 Å². The van der Waals surface area contributed by atoms with Crippen LogP contribution in [0.4, 0.5) is 14.9 Å². The molecule has 1 aromatic carbocycles. The number of anilines is 1. The van der Waals surface area contributed by atoms with Crippen molar-refractivity contribution in [3.8, 4) is 0 Å². The van der Waals surface area contributed by atoms with Crippen molar-refractivity contribution in [2.45, 2.75) is 32.7 Å². The summed E-state index contributed by atoms with van der Waals surface area (Å²) in [6.45, 7) is 5.80. The van der Waals surface area contributed by atoms with Gasteiger partial charge in [-0.15, -0.1) is 0 Å². The van der Waals surface area contributed by atoms with Gasteiger partial charge >= 0.3 is 12.0 Å². The zero-order chi connectivity index (χ0) is 15.5. The van der Waals surface area contributed by atoms with Gasteiger partial charge in [0.25, 0.3) is 0 Å². The summed E-state index contributed by atoms with van der Waals surface area (Å²) in [6.07, 6.45) is 0.767. The van der Waals surface area contributed by atoms with Crippen LogP contribution in [-0.2, 0) is 0 Å². The Labute approximate surface area is 117 Å². The van der Waals surface area contributed by atoms with E-state index in [0.29, 0.717) is 0 Å². The van der Waals surface area contributed by atoms with Gasteiger partial charge in [0.05, 0.1) is 5.56 Å². The number of urea groups is 1. The Morgan fingerprint density at radius 1 is 1.40 bits per heavy atom. The van der Waals surface area contributed by atoms with Gasteiger partial charge in [-0.3, -0.25) is 0 Å². The predicted octanol–water partition coefficient (Wildman–Crippen LogP) is 3.18. The second kappa shape index (κ2) is 5.90. The minimum absolute atomic E-state index is 0.219. The number of carboxylic acid groups (broad SMARTS) is 1. The van der Waals surface area contributed by atoms with Gasteiger partial charge in [0.15, 0.2) is 0 Å². The summed E-state index contributed by atoms with van der Waals surface area (Å²) in [5.74, 6) is -2.22. The molecule has 6 heteroatoms. The van der Waals surface area contributed by atoms with E-state index in [2.05, 4.69) is 5.32 Å². The number of carboxylic acids is 1. The van der Waals surface area contributed by atoms with Crippen molar-refractivity contribution in [3.05, 3.63) is 29.6 Å². The van der Waals surface area contributed by atoms with Crippen LogP contribution in [0.1, 0.15) is 37.6 Å². The van der Waals surface area contributed by atoms with E-state index in [9.17, 15) is 14.0 Å². The zero-order valence-electron chi connectivity index (χ0n) is 12.0. The molecule has 1 aromatic rings. The lowest BCUT2D eigenvalue weighted by Gasteiger charge is -2.34. The lowest BCUT2D eigenvalue weighted by atomic mass is 10.0. The Balaban J connectivity index is 2.87. The van der Waals surface area contributed by atoms with Crippen LogP contribution in [0.3, 0.4) is 0 Å². The maximum Gasteiger partial charge on any atom is 0.338 e. The Hall–Kier alpha value is -2.11. The largest absolute Gasteiger partial charge is 0.478 e. The van der Waals surface area contributed by atoms with Crippen molar-refractivity contribution in [3.63, 3.8) is 0 Å². The molecule has 5 nitrogen and oxygen atoms in total. The fraction of sp³-hybridized carbons (Fsp3) is 0.429. The number of benzene rings is 1. The van der Waals surface area contributed by atoms with Crippen LogP contribution < -0.4 is 5.32 Å². The van der Waals surface area contributed by atoms with Crippen molar-refractivity contribution in [2.24, 2.45) is 0 Å². The van der Waals surface area contributed by atoms with E-state index in [1.165, 1.54) is 11.0 Å². The topological polar surface area (TPSA) is 69.6 Å². The van der Waals surface area contributed by atoms with Crippen molar-refractivity contribution in [2.75, 3.05) is 12.4 Å². The van der Waals surface area contributed by atoms with Crippen LogP contribution >= 0.6 is 0 Å². The number of aromatic carboxylic acids is 1. The summed E-state index contributed by atoms with van der Waals surface area (Å²) in [5.41, 5.74) is -0.537. The molecular weight excluding hydrogens is 263 g/mol. The average molecular weight is 282 g/mol. The lowest BCUT2D eigenvalue weighted by Crippen LogP contribution is -2.46. The molecule has 0 heterocycles. The normalized spacial score (nSPS) is 11.1. The molecule has 2 amide bonds. The van der Waals surface area contributed by atoms with E-state index >= 15 is 0 Å². The van der Waals surface area contributed by atoms with E-state index in [-0.39, 0.29) is 17.3 Å². The molecule has 0 aliphatic rings. The average Bonchev–Trinajstić information content (AvgIpc) is 2.37. The molecule has 0 unspecified atom stereocenters. The molecule has 0 aliphatic heterocycles. The third-order valence-electron chi connectivity index (χ3n) is 3.53. The number of amides is 2. The minimum Gasteiger partial charge on any atom is -0.478 e. The molecule has 0 spiro atoms. The molecule has 0 aliphatic carbocycles. The van der Waals surface area contributed by atoms with Gasteiger partial charge in [-0.1, -0.05) is 6.92 Å². The SMILES string of the molecule is CCC(C)(C)N(C)C(=O)Nc1ccc(C(=O)O)c(F)c1. The van der Waals surface area contributed by atoms with Crippen LogP contribution in [0.25, 0.3) is 0 Å². The highest BCUT2D eigenvalue weighted by atomic mass is 19.1. The van der Waals surface area contributed by atoms with Crippen molar-refractivity contribution >= 4 is 17.7 Å². The molecule has 2 N–H and O–H groups in total. The first kappa shape index (κ1) is 15.9. The van der Waals surface area contributed by atoms with Gasteiger partial charge < -0.3 is 15.3 Å². The molecule has 0 bridgehead atoms. The van der Waals surface area contributed by atoms with Gasteiger partial charge in [-0.05, 0) is 38.5 Å². The number of hydrogen-bond acceptors (Lipinski definition) is 2. The standard InChI is InChI=1S/C14H19FN2O3/c1-5-14(2,3)17(4)13(20)16-9-6-7-10(12(18)19)11(15)8-9/h6-8H,5H2,1-4H3,(H,16,20)(H,18,19). The molecule has 0 saturated heterocycles. The van der Waals surface area contributed by atoms with Gasteiger partial charge in [-0.25, -0.2) is 14.0 Å². The predicted molar refractivity (Wildman–Crippen MR) is 74.5 cm³/mol. The molecule has 110 valence electrons. The van der Waals surface area contributed by atoms with E-state index in [4.69, 9.17) is 5.11 Å². The van der Waals surface area contributed by atoms with Crippen molar-refractivity contribution in [1.29, 1.82) is 0 Å². The Bertz CT molecular complexity index is 529. The molecule has 0 aromatic heterocycles. The Morgan fingerprint density at radius 2 is 2.00 bits per heavy atom. The molecule has 1 rings (SSSR count). The first-order valence-corrected chi connectivity index (χ1v) is 6.26. The maximum absolute atomic E-state index is 13.5. The molecule has 0 radical (unpaired) electrons. The highest BCUT2D eigenvalue weighted by Gasteiger charge is 2.25. The van der Waals surface area contributed by atoms with Crippen LogP contribution in [-0.4, -0.2) is 34.6 Å². The molecular formula is C14H19FN2O3. The Morgan fingerprint density at radius 3 is 2.45 bits per heavy atom. The van der Waals surface area contributed by atoms with Crippen LogP contribution in [0.5, 0.6) is 0 Å². The van der Waals surface area contributed by atoms with Gasteiger partial charge in [-0.2, -0.15) is 0 Å². The van der Waals surface area contributed by atoms with E-state index in [0.717, 1.165) is 18.6 Å². The number of rotatable bonds is 4. The van der Waals surface area contributed by atoms with Crippen LogP contribution in [0.15, 0.2) is 18.2 Å². The first-order valence-electron chi connectivity index (χ1n) is 6.26. The maximum atomic E-state index is 13.5. The minimum atomic E-state index is -1.34. The zero-order valence-corrected chi connectivity index (χ0v) is 12.0. The molecule has 0 atom stereocenters. The monoisotopic (exact) mass is 282 g/mol. The summed E-state index contributed by atoms with van der Waals surface area (Å²) in [5, 5.41) is 11.3. The second-order valence-electron chi connectivity index (χ2n) is 5.15. The summed E-state index contributed by atoms with van der Waals surface area (Å²) >= 11 is 0. The smallest absolute Gasteiger partial charge is 0.338 e. The lowest BCUT2D eigenvalue weighted by molar-refractivity contribution is 0.0692. The second-order valence-corrected chi connectivity index (χ2v) is 5.15.